The topological polar surface area (TPSA) is 49.6 Å². The summed E-state index contributed by atoms with van der Waals surface area (Å²) >= 11 is 0. The van der Waals surface area contributed by atoms with E-state index in [1.54, 1.807) is 6.20 Å². The fourth-order valence-electron chi connectivity index (χ4n) is 2.99. The number of aromatic nitrogens is 2. The van der Waals surface area contributed by atoms with Gasteiger partial charge in [0.25, 0.3) is 5.91 Å². The van der Waals surface area contributed by atoms with E-state index in [9.17, 15) is 4.79 Å². The van der Waals surface area contributed by atoms with E-state index in [0.29, 0.717) is 12.2 Å². The Balaban J connectivity index is 1.54. The molecule has 0 unspecified atom stereocenters. The van der Waals surface area contributed by atoms with Crippen molar-refractivity contribution in [1.29, 1.82) is 0 Å². The highest BCUT2D eigenvalue weighted by Crippen LogP contribution is 2.09. The SMILES string of the molecule is Cc1ccc2nc(C(=O)NCCN3CCCCCC3)cn2c1. The molecule has 0 aromatic carbocycles. The molecule has 118 valence electrons. The minimum atomic E-state index is -0.0869. The minimum absolute atomic E-state index is 0.0869. The van der Waals surface area contributed by atoms with E-state index < -0.39 is 0 Å². The van der Waals surface area contributed by atoms with E-state index in [0.717, 1.165) is 30.8 Å². The van der Waals surface area contributed by atoms with Crippen LogP contribution in [0.2, 0.25) is 0 Å². The fraction of sp³-hybridized carbons (Fsp3) is 0.529. The van der Waals surface area contributed by atoms with Gasteiger partial charge in [-0.05, 0) is 44.5 Å². The molecule has 3 heterocycles. The van der Waals surface area contributed by atoms with Gasteiger partial charge in [-0.25, -0.2) is 4.98 Å². The maximum absolute atomic E-state index is 12.2. The number of imidazole rings is 1. The van der Waals surface area contributed by atoms with Crippen molar-refractivity contribution in [2.24, 2.45) is 0 Å². The van der Waals surface area contributed by atoms with Crippen LogP contribution in [0.3, 0.4) is 0 Å². The molecule has 0 atom stereocenters. The number of likely N-dealkylation sites (tertiary alicyclic amines) is 1. The number of aryl methyl sites for hydroxylation is 1. The summed E-state index contributed by atoms with van der Waals surface area (Å²) in [6.07, 6.45) is 9.01. The third-order valence-electron chi connectivity index (χ3n) is 4.24. The molecule has 2 aromatic heterocycles. The third-order valence-corrected chi connectivity index (χ3v) is 4.24. The number of hydrogen-bond acceptors (Lipinski definition) is 3. The van der Waals surface area contributed by atoms with E-state index in [1.807, 2.05) is 29.7 Å². The van der Waals surface area contributed by atoms with Gasteiger partial charge < -0.3 is 14.6 Å². The lowest BCUT2D eigenvalue weighted by Crippen LogP contribution is -2.35. The van der Waals surface area contributed by atoms with Crippen LogP contribution in [0.25, 0.3) is 5.65 Å². The molecule has 0 spiro atoms. The molecule has 1 aliphatic rings. The average molecular weight is 300 g/mol. The Morgan fingerprint density at radius 1 is 1.18 bits per heavy atom. The van der Waals surface area contributed by atoms with Gasteiger partial charge in [0.1, 0.15) is 11.3 Å². The molecule has 0 bridgehead atoms. The van der Waals surface area contributed by atoms with Crippen LogP contribution in [-0.2, 0) is 0 Å². The average Bonchev–Trinajstić information content (AvgIpc) is 2.75. The molecule has 2 aromatic rings. The minimum Gasteiger partial charge on any atom is -0.349 e. The first-order valence-corrected chi connectivity index (χ1v) is 8.18. The van der Waals surface area contributed by atoms with Gasteiger partial charge in [-0.2, -0.15) is 0 Å². The van der Waals surface area contributed by atoms with Crippen molar-refractivity contribution in [2.75, 3.05) is 26.2 Å². The Morgan fingerprint density at radius 2 is 1.95 bits per heavy atom. The van der Waals surface area contributed by atoms with Gasteiger partial charge in [0.15, 0.2) is 0 Å². The van der Waals surface area contributed by atoms with E-state index in [-0.39, 0.29) is 5.91 Å². The van der Waals surface area contributed by atoms with Crippen LogP contribution in [0.1, 0.15) is 41.7 Å². The van der Waals surface area contributed by atoms with Crippen LogP contribution in [0.4, 0.5) is 0 Å². The van der Waals surface area contributed by atoms with Crippen molar-refractivity contribution < 1.29 is 4.79 Å². The molecule has 5 nitrogen and oxygen atoms in total. The van der Waals surface area contributed by atoms with E-state index >= 15 is 0 Å². The molecule has 5 heteroatoms. The highest BCUT2D eigenvalue weighted by atomic mass is 16.1. The maximum Gasteiger partial charge on any atom is 0.271 e. The zero-order chi connectivity index (χ0) is 15.4. The predicted octanol–water partition coefficient (Wildman–Crippen LogP) is 2.25. The maximum atomic E-state index is 12.2. The Hall–Kier alpha value is -1.88. The second kappa shape index (κ2) is 6.92. The highest BCUT2D eigenvalue weighted by Gasteiger charge is 2.12. The molecule has 3 rings (SSSR count). The fourth-order valence-corrected chi connectivity index (χ4v) is 2.99. The van der Waals surface area contributed by atoms with E-state index in [1.165, 1.54) is 25.7 Å². The monoisotopic (exact) mass is 300 g/mol. The standard InChI is InChI=1S/C17H24N4O/c1-14-6-7-16-19-15(13-21(16)12-14)17(22)18-8-11-20-9-4-2-3-5-10-20/h6-7,12-13H,2-5,8-11H2,1H3,(H,18,22). The van der Waals surface area contributed by atoms with E-state index in [4.69, 9.17) is 0 Å². The lowest BCUT2D eigenvalue weighted by atomic mass is 10.2. The molecule has 1 amide bonds. The number of hydrogen-bond donors (Lipinski definition) is 1. The summed E-state index contributed by atoms with van der Waals surface area (Å²) in [6, 6.07) is 3.94. The molecule has 1 fully saturated rings. The first kappa shape index (κ1) is 15.0. The lowest BCUT2D eigenvalue weighted by molar-refractivity contribution is 0.0944. The molecule has 1 aliphatic heterocycles. The Morgan fingerprint density at radius 3 is 2.73 bits per heavy atom. The summed E-state index contributed by atoms with van der Waals surface area (Å²) in [5.74, 6) is -0.0869. The Kier molecular flexibility index (Phi) is 4.73. The van der Waals surface area contributed by atoms with Crippen molar-refractivity contribution in [1.82, 2.24) is 19.6 Å². The van der Waals surface area contributed by atoms with Crippen molar-refractivity contribution in [3.05, 3.63) is 35.8 Å². The van der Waals surface area contributed by atoms with Crippen LogP contribution in [0.5, 0.6) is 0 Å². The molecule has 1 saturated heterocycles. The van der Waals surface area contributed by atoms with Gasteiger partial charge in [-0.15, -0.1) is 0 Å². The number of pyridine rings is 1. The van der Waals surface area contributed by atoms with Crippen LogP contribution in [0.15, 0.2) is 24.5 Å². The molecule has 0 saturated carbocycles. The van der Waals surface area contributed by atoms with Crippen molar-refractivity contribution >= 4 is 11.6 Å². The van der Waals surface area contributed by atoms with Gasteiger partial charge in [-0.1, -0.05) is 18.9 Å². The van der Waals surface area contributed by atoms with Crippen LogP contribution >= 0.6 is 0 Å². The van der Waals surface area contributed by atoms with Crippen molar-refractivity contribution in [3.8, 4) is 0 Å². The number of amides is 1. The quantitative estimate of drug-likeness (QED) is 0.942. The van der Waals surface area contributed by atoms with Crippen molar-refractivity contribution in [2.45, 2.75) is 32.6 Å². The number of rotatable bonds is 4. The summed E-state index contributed by atoms with van der Waals surface area (Å²) in [6.45, 7) is 5.96. The normalized spacial score (nSPS) is 16.6. The first-order chi connectivity index (χ1) is 10.7. The van der Waals surface area contributed by atoms with Gasteiger partial charge in [-0.3, -0.25) is 4.79 Å². The molecule has 1 N–H and O–H groups in total. The molecular weight excluding hydrogens is 276 g/mol. The number of nitrogens with zero attached hydrogens (tertiary/aromatic N) is 3. The second-order valence-corrected chi connectivity index (χ2v) is 6.11. The van der Waals surface area contributed by atoms with Crippen LogP contribution in [-0.4, -0.2) is 46.4 Å². The predicted molar refractivity (Wildman–Crippen MR) is 87.2 cm³/mol. The molecule has 22 heavy (non-hydrogen) atoms. The zero-order valence-corrected chi connectivity index (χ0v) is 13.2. The van der Waals surface area contributed by atoms with Gasteiger partial charge >= 0.3 is 0 Å². The third kappa shape index (κ3) is 3.65. The summed E-state index contributed by atoms with van der Waals surface area (Å²) in [7, 11) is 0. The second-order valence-electron chi connectivity index (χ2n) is 6.11. The number of carbonyl (C=O) groups is 1. The molecule has 0 aliphatic carbocycles. The zero-order valence-electron chi connectivity index (χ0n) is 13.2. The number of fused-ring (bicyclic) bond motifs is 1. The number of nitrogens with one attached hydrogen (secondary N) is 1. The van der Waals surface area contributed by atoms with Crippen molar-refractivity contribution in [3.63, 3.8) is 0 Å². The van der Waals surface area contributed by atoms with Crippen LogP contribution in [0, 0.1) is 6.92 Å². The smallest absolute Gasteiger partial charge is 0.271 e. The summed E-state index contributed by atoms with van der Waals surface area (Å²) in [4.78, 5) is 19.0. The summed E-state index contributed by atoms with van der Waals surface area (Å²) in [5, 5.41) is 2.99. The summed E-state index contributed by atoms with van der Waals surface area (Å²) in [5.41, 5.74) is 2.45. The molecular formula is C17H24N4O. The lowest BCUT2D eigenvalue weighted by Gasteiger charge is -2.19. The highest BCUT2D eigenvalue weighted by molar-refractivity contribution is 5.92. The first-order valence-electron chi connectivity index (χ1n) is 8.18. The number of carbonyl (C=O) groups excluding carboxylic acids is 1. The van der Waals surface area contributed by atoms with Gasteiger partial charge in [0, 0.05) is 25.5 Å². The van der Waals surface area contributed by atoms with E-state index in [2.05, 4.69) is 15.2 Å². The van der Waals surface area contributed by atoms with Gasteiger partial charge in [0.05, 0.1) is 0 Å². The Labute approximate surface area is 131 Å². The Bertz CT molecular complexity index is 641. The largest absolute Gasteiger partial charge is 0.349 e. The van der Waals surface area contributed by atoms with Gasteiger partial charge in [0.2, 0.25) is 0 Å². The molecule has 0 radical (unpaired) electrons. The van der Waals surface area contributed by atoms with Crippen LogP contribution < -0.4 is 5.32 Å². The summed E-state index contributed by atoms with van der Waals surface area (Å²) < 4.78 is 1.90.